The van der Waals surface area contributed by atoms with Crippen LogP contribution in [0.4, 0.5) is 0 Å². The molecule has 0 spiro atoms. The maximum atomic E-state index is 4.13. The number of aliphatic imine (C=N–C) groups is 1. The lowest BCUT2D eigenvalue weighted by Crippen LogP contribution is -2.27. The van der Waals surface area contributed by atoms with Gasteiger partial charge in [0.25, 0.3) is 0 Å². The number of nitrogens with zero attached hydrogens (tertiary/aromatic N) is 3. The summed E-state index contributed by atoms with van der Waals surface area (Å²) in [6, 6.07) is 0.278. The SMILES string of the molecule is CC1=CC2C(C)=NC=N[N+]2=C1. The normalized spacial score (nSPS) is 27.5. The van der Waals surface area contributed by atoms with Crippen molar-refractivity contribution in [2.75, 3.05) is 0 Å². The highest BCUT2D eigenvalue weighted by molar-refractivity contribution is 5.96. The number of hydrogen-bond donors (Lipinski definition) is 0. The van der Waals surface area contributed by atoms with Crippen LogP contribution in [-0.4, -0.2) is 29.0 Å². The molecule has 0 saturated carbocycles. The summed E-state index contributed by atoms with van der Waals surface area (Å²) in [4.78, 5) is 4.13. The molecule has 2 aliphatic rings. The summed E-state index contributed by atoms with van der Waals surface area (Å²) in [6.07, 6.45) is 5.78. The molecule has 11 heavy (non-hydrogen) atoms. The molecule has 2 aliphatic heterocycles. The Morgan fingerprint density at radius 1 is 1.45 bits per heavy atom. The van der Waals surface area contributed by atoms with Gasteiger partial charge in [0.15, 0.2) is 12.6 Å². The molecule has 0 N–H and O–H groups in total. The van der Waals surface area contributed by atoms with E-state index < -0.39 is 0 Å². The van der Waals surface area contributed by atoms with E-state index in [-0.39, 0.29) is 6.04 Å². The van der Waals surface area contributed by atoms with Gasteiger partial charge in [-0.15, -0.1) is 0 Å². The van der Waals surface area contributed by atoms with Crippen molar-refractivity contribution in [1.29, 1.82) is 0 Å². The van der Waals surface area contributed by atoms with E-state index >= 15 is 0 Å². The average Bonchev–Trinajstić information content (AvgIpc) is 2.31. The van der Waals surface area contributed by atoms with Crippen LogP contribution in [0.3, 0.4) is 0 Å². The Morgan fingerprint density at radius 3 is 3.00 bits per heavy atom. The van der Waals surface area contributed by atoms with Crippen LogP contribution in [0.25, 0.3) is 0 Å². The minimum Gasteiger partial charge on any atom is -0.233 e. The molecule has 0 amide bonds. The zero-order valence-corrected chi connectivity index (χ0v) is 6.65. The van der Waals surface area contributed by atoms with Gasteiger partial charge < -0.3 is 0 Å². The van der Waals surface area contributed by atoms with Crippen LogP contribution in [0, 0.1) is 0 Å². The molecular weight excluding hydrogens is 138 g/mol. The molecule has 3 heteroatoms. The van der Waals surface area contributed by atoms with Gasteiger partial charge in [-0.1, -0.05) is 4.68 Å². The maximum absolute atomic E-state index is 4.13. The second-order valence-electron chi connectivity index (χ2n) is 2.87. The molecule has 56 valence electrons. The highest BCUT2D eigenvalue weighted by Crippen LogP contribution is 2.11. The fourth-order valence-corrected chi connectivity index (χ4v) is 1.33. The van der Waals surface area contributed by atoms with E-state index in [1.54, 1.807) is 6.34 Å². The van der Waals surface area contributed by atoms with Crippen LogP contribution in [0.2, 0.25) is 0 Å². The first-order chi connectivity index (χ1) is 5.27. The predicted octanol–water partition coefficient (Wildman–Crippen LogP) is 0.816. The maximum Gasteiger partial charge on any atom is 0.241 e. The quantitative estimate of drug-likeness (QED) is 0.455. The molecule has 0 aliphatic carbocycles. The van der Waals surface area contributed by atoms with E-state index in [0.717, 1.165) is 5.71 Å². The summed E-state index contributed by atoms with van der Waals surface area (Å²) in [5.74, 6) is 0. The third kappa shape index (κ3) is 0.926. The first-order valence-corrected chi connectivity index (χ1v) is 3.66. The summed E-state index contributed by atoms with van der Waals surface area (Å²) in [7, 11) is 0. The van der Waals surface area contributed by atoms with Crippen LogP contribution in [0.5, 0.6) is 0 Å². The van der Waals surface area contributed by atoms with Crippen LogP contribution in [0.1, 0.15) is 13.8 Å². The molecular formula is C8H10N3+. The largest absolute Gasteiger partial charge is 0.241 e. The molecule has 0 radical (unpaired) electrons. The molecule has 0 aromatic heterocycles. The molecule has 0 fully saturated rings. The van der Waals surface area contributed by atoms with Gasteiger partial charge in [-0.3, -0.25) is 0 Å². The highest BCUT2D eigenvalue weighted by Gasteiger charge is 2.29. The Morgan fingerprint density at radius 2 is 2.27 bits per heavy atom. The number of hydrazone groups is 1. The Bertz CT molecular complexity index is 307. The third-order valence-corrected chi connectivity index (χ3v) is 1.92. The molecule has 1 unspecified atom stereocenters. The Hall–Kier alpha value is -1.25. The van der Waals surface area contributed by atoms with Crippen LogP contribution < -0.4 is 0 Å². The van der Waals surface area contributed by atoms with Gasteiger partial charge in [-0.05, 0) is 13.8 Å². The van der Waals surface area contributed by atoms with Gasteiger partial charge in [0, 0.05) is 16.8 Å². The zero-order valence-electron chi connectivity index (χ0n) is 6.65. The number of hydrogen-bond acceptors (Lipinski definition) is 2. The Kier molecular flexibility index (Phi) is 1.24. The standard InChI is InChI=1S/C8H10N3/c1-6-3-8-7(2)9-5-10-11(8)4-6/h3-5,8H,1-2H3/q+1. The summed E-state index contributed by atoms with van der Waals surface area (Å²) in [5.41, 5.74) is 2.36. The van der Waals surface area contributed by atoms with Gasteiger partial charge in [0.2, 0.25) is 6.04 Å². The molecule has 1 atom stereocenters. The zero-order chi connectivity index (χ0) is 7.84. The molecule has 2 heterocycles. The molecule has 3 nitrogen and oxygen atoms in total. The van der Waals surface area contributed by atoms with Crippen molar-refractivity contribution in [1.82, 2.24) is 0 Å². The van der Waals surface area contributed by atoms with Crippen molar-refractivity contribution in [3.8, 4) is 0 Å². The average molecular weight is 148 g/mol. The van der Waals surface area contributed by atoms with Gasteiger partial charge in [-0.2, -0.15) is 0 Å². The summed E-state index contributed by atoms with van der Waals surface area (Å²) in [6.45, 7) is 4.09. The fourth-order valence-electron chi connectivity index (χ4n) is 1.33. The van der Waals surface area contributed by atoms with E-state index in [1.807, 2.05) is 17.8 Å². The van der Waals surface area contributed by atoms with Crippen molar-refractivity contribution in [2.45, 2.75) is 19.9 Å². The highest BCUT2D eigenvalue weighted by atomic mass is 15.4. The first-order valence-electron chi connectivity index (χ1n) is 3.66. The topological polar surface area (TPSA) is 27.7 Å². The molecule has 0 aromatic rings. The van der Waals surface area contributed by atoms with Gasteiger partial charge in [-0.25, -0.2) is 4.99 Å². The van der Waals surface area contributed by atoms with Gasteiger partial charge in [0.05, 0.1) is 5.71 Å². The lowest BCUT2D eigenvalue weighted by atomic mass is 10.2. The fraction of sp³-hybridized carbons (Fsp3) is 0.375. The van der Waals surface area contributed by atoms with Crippen molar-refractivity contribution >= 4 is 18.3 Å². The molecule has 0 bridgehead atoms. The number of fused-ring (bicyclic) bond motifs is 1. The Labute approximate surface area is 65.5 Å². The van der Waals surface area contributed by atoms with Crippen molar-refractivity contribution in [3.63, 3.8) is 0 Å². The van der Waals surface area contributed by atoms with Gasteiger partial charge >= 0.3 is 0 Å². The van der Waals surface area contributed by atoms with E-state index in [4.69, 9.17) is 0 Å². The molecule has 0 aromatic carbocycles. The van der Waals surface area contributed by atoms with E-state index in [9.17, 15) is 0 Å². The van der Waals surface area contributed by atoms with Crippen molar-refractivity contribution < 1.29 is 4.68 Å². The van der Waals surface area contributed by atoms with Crippen LogP contribution >= 0.6 is 0 Å². The van der Waals surface area contributed by atoms with E-state index in [0.29, 0.717) is 0 Å². The molecule has 0 saturated heterocycles. The second kappa shape index (κ2) is 2.12. The summed E-state index contributed by atoms with van der Waals surface area (Å²) in [5, 5.41) is 4.11. The van der Waals surface area contributed by atoms with Gasteiger partial charge in [0.1, 0.15) is 0 Å². The second-order valence-corrected chi connectivity index (χ2v) is 2.87. The monoisotopic (exact) mass is 148 g/mol. The Balaban J connectivity index is 2.44. The van der Waals surface area contributed by atoms with E-state index in [1.165, 1.54) is 5.57 Å². The minimum absolute atomic E-state index is 0.278. The summed E-state index contributed by atoms with van der Waals surface area (Å²) >= 11 is 0. The van der Waals surface area contributed by atoms with E-state index in [2.05, 4.69) is 23.1 Å². The number of allylic oxidation sites excluding steroid dienone is 1. The van der Waals surface area contributed by atoms with Crippen LogP contribution in [0.15, 0.2) is 21.7 Å². The first kappa shape index (κ1) is 6.46. The van der Waals surface area contributed by atoms with Crippen molar-refractivity contribution in [3.05, 3.63) is 11.6 Å². The molecule has 2 rings (SSSR count). The lowest BCUT2D eigenvalue weighted by molar-refractivity contribution is -0.535. The smallest absolute Gasteiger partial charge is 0.233 e. The summed E-state index contributed by atoms with van der Waals surface area (Å²) < 4.78 is 1.93. The third-order valence-electron chi connectivity index (χ3n) is 1.92. The van der Waals surface area contributed by atoms with Crippen LogP contribution in [-0.2, 0) is 0 Å². The predicted molar refractivity (Wildman–Crippen MR) is 45.5 cm³/mol. The van der Waals surface area contributed by atoms with Crippen molar-refractivity contribution in [2.24, 2.45) is 10.1 Å². The lowest BCUT2D eigenvalue weighted by Gasteiger charge is -2.04. The number of rotatable bonds is 0. The minimum atomic E-state index is 0.278.